The standard InChI is InChI=1S/C14H23NO2S/c1-5-10(2)18-9-11(15)14-12(16-3)7-6-8-13(14)17-4/h6-8,10-11H,5,9,15H2,1-4H3. The second kappa shape index (κ2) is 7.54. The van der Waals surface area contributed by atoms with Gasteiger partial charge in [-0.15, -0.1) is 0 Å². The van der Waals surface area contributed by atoms with E-state index in [0.717, 1.165) is 29.2 Å². The maximum Gasteiger partial charge on any atom is 0.127 e. The van der Waals surface area contributed by atoms with Gasteiger partial charge in [-0.05, 0) is 18.6 Å². The van der Waals surface area contributed by atoms with Crippen molar-refractivity contribution in [2.75, 3.05) is 20.0 Å². The first-order valence-corrected chi connectivity index (χ1v) is 7.26. The van der Waals surface area contributed by atoms with Gasteiger partial charge < -0.3 is 15.2 Å². The zero-order valence-corrected chi connectivity index (χ0v) is 12.4. The highest BCUT2D eigenvalue weighted by molar-refractivity contribution is 7.99. The van der Waals surface area contributed by atoms with Crippen molar-refractivity contribution in [3.63, 3.8) is 0 Å². The molecule has 0 radical (unpaired) electrons. The second-order valence-corrected chi connectivity index (χ2v) is 5.71. The highest BCUT2D eigenvalue weighted by Crippen LogP contribution is 2.34. The summed E-state index contributed by atoms with van der Waals surface area (Å²) < 4.78 is 10.7. The third kappa shape index (κ3) is 3.82. The van der Waals surface area contributed by atoms with Gasteiger partial charge in [-0.2, -0.15) is 11.8 Å². The highest BCUT2D eigenvalue weighted by Gasteiger charge is 2.18. The molecule has 1 rings (SSSR count). The topological polar surface area (TPSA) is 44.5 Å². The number of methoxy groups -OCH3 is 2. The van der Waals surface area contributed by atoms with Crippen LogP contribution in [0.4, 0.5) is 0 Å². The average molecular weight is 269 g/mol. The Morgan fingerprint density at radius 3 is 2.22 bits per heavy atom. The minimum atomic E-state index is -0.0740. The van der Waals surface area contributed by atoms with Crippen molar-refractivity contribution in [2.24, 2.45) is 5.73 Å². The maximum absolute atomic E-state index is 6.27. The lowest BCUT2D eigenvalue weighted by Crippen LogP contribution is -2.16. The van der Waals surface area contributed by atoms with Crippen LogP contribution in [0.3, 0.4) is 0 Å². The Kier molecular flexibility index (Phi) is 6.36. The molecule has 0 aliphatic rings. The molecular weight excluding hydrogens is 246 g/mol. The summed E-state index contributed by atoms with van der Waals surface area (Å²) in [5.74, 6) is 2.46. The normalized spacial score (nSPS) is 14.1. The summed E-state index contributed by atoms with van der Waals surface area (Å²) in [4.78, 5) is 0. The Bertz CT molecular complexity index is 349. The molecule has 0 heterocycles. The van der Waals surface area contributed by atoms with Gasteiger partial charge in [0.25, 0.3) is 0 Å². The zero-order valence-electron chi connectivity index (χ0n) is 11.6. The van der Waals surface area contributed by atoms with E-state index in [1.165, 1.54) is 0 Å². The van der Waals surface area contributed by atoms with Crippen LogP contribution in [-0.4, -0.2) is 25.2 Å². The SMILES string of the molecule is CCC(C)SCC(N)c1c(OC)cccc1OC. The summed E-state index contributed by atoms with van der Waals surface area (Å²) in [7, 11) is 3.32. The molecule has 0 saturated heterocycles. The fraction of sp³-hybridized carbons (Fsp3) is 0.571. The molecule has 0 fully saturated rings. The first-order valence-electron chi connectivity index (χ1n) is 6.22. The summed E-state index contributed by atoms with van der Waals surface area (Å²) in [5, 5.41) is 0.622. The lowest BCUT2D eigenvalue weighted by molar-refractivity contribution is 0.381. The van der Waals surface area contributed by atoms with E-state index in [2.05, 4.69) is 13.8 Å². The number of benzene rings is 1. The fourth-order valence-electron chi connectivity index (χ4n) is 1.71. The molecule has 0 amide bonds. The van der Waals surface area contributed by atoms with Gasteiger partial charge >= 0.3 is 0 Å². The molecule has 0 saturated carbocycles. The smallest absolute Gasteiger partial charge is 0.127 e. The Labute approximate surface area is 114 Å². The van der Waals surface area contributed by atoms with E-state index in [4.69, 9.17) is 15.2 Å². The minimum absolute atomic E-state index is 0.0740. The van der Waals surface area contributed by atoms with Crippen LogP contribution in [0.5, 0.6) is 11.5 Å². The molecule has 18 heavy (non-hydrogen) atoms. The molecule has 0 aliphatic carbocycles. The molecule has 4 heteroatoms. The van der Waals surface area contributed by atoms with E-state index in [0.29, 0.717) is 5.25 Å². The Morgan fingerprint density at radius 2 is 1.78 bits per heavy atom. The van der Waals surface area contributed by atoms with Crippen LogP contribution in [0.1, 0.15) is 31.9 Å². The number of thioether (sulfide) groups is 1. The van der Waals surface area contributed by atoms with Crippen molar-refractivity contribution >= 4 is 11.8 Å². The van der Waals surface area contributed by atoms with E-state index < -0.39 is 0 Å². The van der Waals surface area contributed by atoms with Crippen molar-refractivity contribution in [3.05, 3.63) is 23.8 Å². The third-order valence-corrected chi connectivity index (χ3v) is 4.43. The van der Waals surface area contributed by atoms with E-state index in [9.17, 15) is 0 Å². The Morgan fingerprint density at radius 1 is 1.22 bits per heavy atom. The van der Waals surface area contributed by atoms with Gasteiger partial charge in [0.2, 0.25) is 0 Å². The largest absolute Gasteiger partial charge is 0.496 e. The molecule has 0 aliphatic heterocycles. The zero-order chi connectivity index (χ0) is 13.5. The molecular formula is C14H23NO2S. The van der Waals surface area contributed by atoms with Gasteiger partial charge in [0.1, 0.15) is 11.5 Å². The van der Waals surface area contributed by atoms with Crippen molar-refractivity contribution in [2.45, 2.75) is 31.6 Å². The summed E-state index contributed by atoms with van der Waals surface area (Å²) in [6.45, 7) is 4.41. The average Bonchev–Trinajstić information content (AvgIpc) is 2.43. The lowest BCUT2D eigenvalue weighted by atomic mass is 10.1. The van der Waals surface area contributed by atoms with E-state index in [-0.39, 0.29) is 6.04 Å². The second-order valence-electron chi connectivity index (χ2n) is 4.23. The van der Waals surface area contributed by atoms with Crippen LogP contribution in [-0.2, 0) is 0 Å². The summed E-state index contributed by atoms with van der Waals surface area (Å²) >= 11 is 1.88. The van der Waals surface area contributed by atoms with Crippen LogP contribution in [0, 0.1) is 0 Å². The minimum Gasteiger partial charge on any atom is -0.496 e. The molecule has 2 atom stereocenters. The van der Waals surface area contributed by atoms with Gasteiger partial charge in [-0.1, -0.05) is 19.9 Å². The van der Waals surface area contributed by atoms with Crippen LogP contribution >= 0.6 is 11.8 Å². The third-order valence-electron chi connectivity index (χ3n) is 2.97. The van der Waals surface area contributed by atoms with E-state index in [1.807, 2.05) is 30.0 Å². The quantitative estimate of drug-likeness (QED) is 0.825. The van der Waals surface area contributed by atoms with E-state index in [1.54, 1.807) is 14.2 Å². The monoisotopic (exact) mass is 269 g/mol. The van der Waals surface area contributed by atoms with Gasteiger partial charge in [0.05, 0.1) is 19.8 Å². The molecule has 1 aromatic rings. The molecule has 2 unspecified atom stereocenters. The molecule has 0 spiro atoms. The van der Waals surface area contributed by atoms with Gasteiger partial charge in [0.15, 0.2) is 0 Å². The Hall–Kier alpha value is -0.870. The summed E-state index contributed by atoms with van der Waals surface area (Å²) in [6, 6.07) is 5.68. The Balaban J connectivity index is 2.85. The molecule has 1 aromatic carbocycles. The fourth-order valence-corrected chi connectivity index (χ4v) is 2.65. The highest BCUT2D eigenvalue weighted by atomic mass is 32.2. The van der Waals surface area contributed by atoms with E-state index >= 15 is 0 Å². The van der Waals surface area contributed by atoms with Crippen LogP contribution in [0.15, 0.2) is 18.2 Å². The molecule has 102 valence electrons. The first-order chi connectivity index (χ1) is 8.63. The lowest BCUT2D eigenvalue weighted by Gasteiger charge is -2.19. The number of nitrogens with two attached hydrogens (primary N) is 1. The number of ether oxygens (including phenoxy) is 2. The van der Waals surface area contributed by atoms with Gasteiger partial charge in [0, 0.05) is 17.0 Å². The predicted molar refractivity (Wildman–Crippen MR) is 78.7 cm³/mol. The van der Waals surface area contributed by atoms with Gasteiger partial charge in [-0.25, -0.2) is 0 Å². The van der Waals surface area contributed by atoms with Crippen LogP contribution in [0.25, 0.3) is 0 Å². The first kappa shape index (κ1) is 15.2. The maximum atomic E-state index is 6.27. The van der Waals surface area contributed by atoms with Crippen molar-refractivity contribution in [1.29, 1.82) is 0 Å². The van der Waals surface area contributed by atoms with Crippen molar-refractivity contribution in [3.8, 4) is 11.5 Å². The number of hydrogen-bond donors (Lipinski definition) is 1. The summed E-state index contributed by atoms with van der Waals surface area (Å²) in [5.41, 5.74) is 7.23. The van der Waals surface area contributed by atoms with Gasteiger partial charge in [-0.3, -0.25) is 0 Å². The number of hydrogen-bond acceptors (Lipinski definition) is 4. The predicted octanol–water partition coefficient (Wildman–Crippen LogP) is 3.24. The molecule has 0 bridgehead atoms. The molecule has 2 N–H and O–H groups in total. The molecule has 0 aromatic heterocycles. The van der Waals surface area contributed by atoms with Crippen LogP contribution in [0.2, 0.25) is 0 Å². The van der Waals surface area contributed by atoms with Crippen molar-refractivity contribution in [1.82, 2.24) is 0 Å². The number of rotatable bonds is 7. The van der Waals surface area contributed by atoms with Crippen molar-refractivity contribution < 1.29 is 9.47 Å². The molecule has 3 nitrogen and oxygen atoms in total. The summed E-state index contributed by atoms with van der Waals surface area (Å²) in [6.07, 6.45) is 1.15. The van der Waals surface area contributed by atoms with Crippen LogP contribution < -0.4 is 15.2 Å².